The van der Waals surface area contributed by atoms with Crippen molar-refractivity contribution in [1.82, 2.24) is 10.3 Å². The summed E-state index contributed by atoms with van der Waals surface area (Å²) in [5.74, 6) is 0. The summed E-state index contributed by atoms with van der Waals surface area (Å²) in [7, 11) is 0. The Morgan fingerprint density at radius 2 is 2.46 bits per heavy atom. The molecule has 0 saturated heterocycles. The van der Waals surface area contributed by atoms with Gasteiger partial charge in [0.1, 0.15) is 0 Å². The van der Waals surface area contributed by atoms with Crippen molar-refractivity contribution in [1.29, 1.82) is 0 Å². The molecule has 0 aliphatic heterocycles. The first-order chi connectivity index (χ1) is 6.22. The Hall–Kier alpha value is -0.490. The second kappa shape index (κ2) is 5.29. The van der Waals surface area contributed by atoms with Crippen molar-refractivity contribution in [3.05, 3.63) is 16.1 Å². The van der Waals surface area contributed by atoms with Crippen molar-refractivity contribution in [3.63, 3.8) is 0 Å². The lowest BCUT2D eigenvalue weighted by atomic mass is 10.3. The predicted octanol–water partition coefficient (Wildman–Crippen LogP) is -0.106. The number of hydrogen-bond acceptors (Lipinski definition) is 5. The molecule has 13 heavy (non-hydrogen) atoms. The minimum atomic E-state index is -0.681. The number of aromatic nitrogens is 1. The Kier molecular flexibility index (Phi) is 4.31. The van der Waals surface area contributed by atoms with E-state index in [1.54, 1.807) is 11.3 Å². The first-order valence-corrected chi connectivity index (χ1v) is 5.01. The van der Waals surface area contributed by atoms with Crippen LogP contribution in [0.25, 0.3) is 0 Å². The maximum absolute atomic E-state index is 9.01. The Labute approximate surface area is 81.3 Å². The van der Waals surface area contributed by atoms with Gasteiger partial charge in [-0.3, -0.25) is 0 Å². The van der Waals surface area contributed by atoms with Gasteiger partial charge in [0.05, 0.1) is 23.4 Å². The molecule has 0 aliphatic carbocycles. The van der Waals surface area contributed by atoms with E-state index in [9.17, 15) is 0 Å². The number of hydrogen-bond donors (Lipinski definition) is 3. The normalized spacial score (nSPS) is 13.2. The van der Waals surface area contributed by atoms with Crippen LogP contribution in [0.1, 0.15) is 10.7 Å². The van der Waals surface area contributed by atoms with Gasteiger partial charge in [-0.1, -0.05) is 0 Å². The van der Waals surface area contributed by atoms with E-state index in [0.29, 0.717) is 13.1 Å². The second-order valence-electron chi connectivity index (χ2n) is 2.83. The SMILES string of the molecule is Cc1nc(CNCC(O)CO)cs1. The van der Waals surface area contributed by atoms with Crippen LogP contribution in [0.4, 0.5) is 0 Å². The number of aliphatic hydroxyl groups excluding tert-OH is 2. The number of nitrogens with one attached hydrogen (secondary N) is 1. The maximum atomic E-state index is 9.01. The zero-order valence-corrected chi connectivity index (χ0v) is 8.34. The first-order valence-electron chi connectivity index (χ1n) is 4.13. The molecule has 5 heteroatoms. The van der Waals surface area contributed by atoms with Crippen molar-refractivity contribution in [2.45, 2.75) is 19.6 Å². The van der Waals surface area contributed by atoms with Crippen LogP contribution in [-0.2, 0) is 6.54 Å². The fourth-order valence-electron chi connectivity index (χ4n) is 0.921. The van der Waals surface area contributed by atoms with Gasteiger partial charge in [0.2, 0.25) is 0 Å². The highest BCUT2D eigenvalue weighted by atomic mass is 32.1. The minimum absolute atomic E-state index is 0.205. The summed E-state index contributed by atoms with van der Waals surface area (Å²) < 4.78 is 0. The third kappa shape index (κ3) is 3.82. The third-order valence-electron chi connectivity index (χ3n) is 1.56. The van der Waals surface area contributed by atoms with Gasteiger partial charge in [0.15, 0.2) is 0 Å². The van der Waals surface area contributed by atoms with Crippen LogP contribution in [-0.4, -0.2) is 34.5 Å². The Bertz CT molecular complexity index is 252. The molecule has 0 spiro atoms. The van der Waals surface area contributed by atoms with Crippen LogP contribution in [0.2, 0.25) is 0 Å². The van der Waals surface area contributed by atoms with E-state index in [1.807, 2.05) is 12.3 Å². The second-order valence-corrected chi connectivity index (χ2v) is 3.89. The van der Waals surface area contributed by atoms with Gasteiger partial charge >= 0.3 is 0 Å². The molecule has 1 aromatic heterocycles. The number of nitrogens with zero attached hydrogens (tertiary/aromatic N) is 1. The minimum Gasteiger partial charge on any atom is -0.394 e. The van der Waals surface area contributed by atoms with E-state index >= 15 is 0 Å². The van der Waals surface area contributed by atoms with E-state index in [0.717, 1.165) is 10.7 Å². The standard InChI is InChI=1S/C8H14N2O2S/c1-6-10-7(5-13-6)2-9-3-8(12)4-11/h5,8-9,11-12H,2-4H2,1H3. The number of aryl methyl sites for hydroxylation is 1. The molecule has 3 N–H and O–H groups in total. The lowest BCUT2D eigenvalue weighted by Crippen LogP contribution is -2.28. The fourth-order valence-corrected chi connectivity index (χ4v) is 1.53. The largest absolute Gasteiger partial charge is 0.394 e. The summed E-state index contributed by atoms with van der Waals surface area (Å²) in [5, 5.41) is 23.6. The fraction of sp³-hybridized carbons (Fsp3) is 0.625. The monoisotopic (exact) mass is 202 g/mol. The van der Waals surface area contributed by atoms with E-state index in [1.165, 1.54) is 0 Å². The highest BCUT2D eigenvalue weighted by molar-refractivity contribution is 7.09. The quantitative estimate of drug-likeness (QED) is 0.623. The van der Waals surface area contributed by atoms with Gasteiger partial charge < -0.3 is 15.5 Å². The van der Waals surface area contributed by atoms with Gasteiger partial charge in [-0.2, -0.15) is 0 Å². The lowest BCUT2D eigenvalue weighted by Gasteiger charge is -2.06. The van der Waals surface area contributed by atoms with Gasteiger partial charge in [0.25, 0.3) is 0 Å². The topological polar surface area (TPSA) is 65.4 Å². The zero-order chi connectivity index (χ0) is 9.68. The summed E-state index contributed by atoms with van der Waals surface area (Å²) >= 11 is 1.61. The molecule has 1 heterocycles. The van der Waals surface area contributed by atoms with Crippen LogP contribution in [0, 0.1) is 6.92 Å². The summed E-state index contributed by atoms with van der Waals surface area (Å²) in [6.45, 7) is 2.79. The van der Waals surface area contributed by atoms with Crippen molar-refractivity contribution >= 4 is 11.3 Å². The molecule has 0 saturated carbocycles. The Morgan fingerprint density at radius 3 is 3.00 bits per heavy atom. The van der Waals surface area contributed by atoms with E-state index < -0.39 is 6.10 Å². The molecule has 0 bridgehead atoms. The summed E-state index contributed by atoms with van der Waals surface area (Å²) in [6, 6.07) is 0. The Balaban J connectivity index is 2.20. The number of rotatable bonds is 5. The number of thiazole rings is 1. The van der Waals surface area contributed by atoms with Crippen LogP contribution in [0.5, 0.6) is 0 Å². The van der Waals surface area contributed by atoms with Gasteiger partial charge in [-0.05, 0) is 6.92 Å². The van der Waals surface area contributed by atoms with E-state index in [2.05, 4.69) is 10.3 Å². The van der Waals surface area contributed by atoms with Gasteiger partial charge in [-0.15, -0.1) is 11.3 Å². The maximum Gasteiger partial charge on any atom is 0.0897 e. The van der Waals surface area contributed by atoms with Gasteiger partial charge in [-0.25, -0.2) is 4.98 Å². The summed E-state index contributed by atoms with van der Waals surface area (Å²) in [4.78, 5) is 4.25. The highest BCUT2D eigenvalue weighted by Gasteiger charge is 2.01. The van der Waals surface area contributed by atoms with Gasteiger partial charge in [0, 0.05) is 18.5 Å². The summed E-state index contributed by atoms with van der Waals surface area (Å²) in [6.07, 6.45) is -0.681. The van der Waals surface area contributed by atoms with Crippen LogP contribution in [0.15, 0.2) is 5.38 Å². The molecule has 1 aromatic rings. The van der Waals surface area contributed by atoms with Crippen molar-refractivity contribution < 1.29 is 10.2 Å². The van der Waals surface area contributed by atoms with Crippen molar-refractivity contribution in [2.24, 2.45) is 0 Å². The summed E-state index contributed by atoms with van der Waals surface area (Å²) in [5.41, 5.74) is 0.979. The molecule has 1 atom stereocenters. The smallest absolute Gasteiger partial charge is 0.0897 e. The third-order valence-corrected chi connectivity index (χ3v) is 2.39. The molecule has 0 fully saturated rings. The zero-order valence-electron chi connectivity index (χ0n) is 7.53. The molecule has 1 unspecified atom stereocenters. The van der Waals surface area contributed by atoms with Crippen molar-refractivity contribution in [3.8, 4) is 0 Å². The van der Waals surface area contributed by atoms with Crippen LogP contribution in [0.3, 0.4) is 0 Å². The molecule has 74 valence electrons. The molecular formula is C8H14N2O2S. The molecule has 0 amide bonds. The molecule has 0 radical (unpaired) electrons. The van der Waals surface area contributed by atoms with Crippen molar-refractivity contribution in [2.75, 3.05) is 13.2 Å². The first kappa shape index (κ1) is 10.6. The lowest BCUT2D eigenvalue weighted by molar-refractivity contribution is 0.0941. The molecule has 4 nitrogen and oxygen atoms in total. The van der Waals surface area contributed by atoms with Crippen LogP contribution >= 0.6 is 11.3 Å². The van der Waals surface area contributed by atoms with E-state index in [4.69, 9.17) is 10.2 Å². The van der Waals surface area contributed by atoms with E-state index in [-0.39, 0.29) is 6.61 Å². The molecule has 1 rings (SSSR count). The average molecular weight is 202 g/mol. The molecular weight excluding hydrogens is 188 g/mol. The molecule has 0 aliphatic rings. The van der Waals surface area contributed by atoms with Crippen LogP contribution < -0.4 is 5.32 Å². The predicted molar refractivity (Wildman–Crippen MR) is 51.7 cm³/mol. The average Bonchev–Trinajstić information content (AvgIpc) is 2.51. The highest BCUT2D eigenvalue weighted by Crippen LogP contribution is 2.06. The number of aliphatic hydroxyl groups is 2. The molecule has 0 aromatic carbocycles. The Morgan fingerprint density at radius 1 is 1.69 bits per heavy atom.